The first-order valence-corrected chi connectivity index (χ1v) is 11.4. The van der Waals surface area contributed by atoms with Crippen molar-refractivity contribution in [3.05, 3.63) is 59.7 Å². The fourth-order valence-corrected chi connectivity index (χ4v) is 3.69. The molecule has 1 aliphatic rings. The number of hydrogen-bond donors (Lipinski definition) is 4. The highest BCUT2D eigenvalue weighted by Crippen LogP contribution is 2.27. The molecule has 5 N–H and O–H groups in total. The fourth-order valence-electron chi connectivity index (χ4n) is 3.69. The van der Waals surface area contributed by atoms with Gasteiger partial charge in [0.25, 0.3) is 0 Å². The van der Waals surface area contributed by atoms with E-state index in [0.29, 0.717) is 45.2 Å². The van der Waals surface area contributed by atoms with Crippen LogP contribution in [-0.2, 0) is 20.7 Å². The molecule has 1 aromatic rings. The summed E-state index contributed by atoms with van der Waals surface area (Å²) >= 11 is 0. The first kappa shape index (κ1) is 28.8. The second-order valence-electron chi connectivity index (χ2n) is 8.29. The van der Waals surface area contributed by atoms with E-state index in [0.717, 1.165) is 24.8 Å². The third kappa shape index (κ3) is 11.5. The van der Waals surface area contributed by atoms with Crippen LogP contribution in [0.3, 0.4) is 0 Å². The smallest absolute Gasteiger partial charge is 0.243 e. The number of carbonyl (C=O) groups is 2. The minimum atomic E-state index is -0.647. The van der Waals surface area contributed by atoms with Crippen molar-refractivity contribution >= 4 is 24.2 Å². The van der Waals surface area contributed by atoms with Crippen molar-refractivity contribution < 1.29 is 14.3 Å². The first-order chi connectivity index (χ1) is 15.5. The lowest BCUT2D eigenvalue weighted by atomic mass is 9.85. The van der Waals surface area contributed by atoms with Crippen LogP contribution >= 0.6 is 12.4 Å². The quantitative estimate of drug-likeness (QED) is 0.242. The predicted molar refractivity (Wildman–Crippen MR) is 135 cm³/mol. The summed E-state index contributed by atoms with van der Waals surface area (Å²) in [7, 11) is 0. The number of amides is 2. The fraction of sp³-hybridized carbons (Fsp3) is 0.520. The molecule has 2 rings (SSSR count). The van der Waals surface area contributed by atoms with Gasteiger partial charge in [-0.3, -0.25) is 9.59 Å². The van der Waals surface area contributed by atoms with Crippen LogP contribution in [-0.4, -0.2) is 57.2 Å². The zero-order valence-electron chi connectivity index (χ0n) is 19.6. The second kappa shape index (κ2) is 16.4. The van der Waals surface area contributed by atoms with Crippen LogP contribution in [0.25, 0.3) is 0 Å². The van der Waals surface area contributed by atoms with E-state index in [-0.39, 0.29) is 30.8 Å². The molecule has 1 aliphatic carbocycles. The molecule has 8 heteroatoms. The van der Waals surface area contributed by atoms with E-state index < -0.39 is 6.04 Å². The SMILES string of the molecule is C=C(C)[C@H]1CC=C(CNCC(=O)N[C@@H](Cc2ccccc2)C(=O)NCCOCCN)CC1.Cl. The number of nitrogens with two attached hydrogens (primary N) is 1. The first-order valence-electron chi connectivity index (χ1n) is 11.4. The van der Waals surface area contributed by atoms with Gasteiger partial charge in [0.1, 0.15) is 6.04 Å². The maximum Gasteiger partial charge on any atom is 0.243 e. The molecule has 0 saturated carbocycles. The van der Waals surface area contributed by atoms with Gasteiger partial charge >= 0.3 is 0 Å². The van der Waals surface area contributed by atoms with Crippen LogP contribution in [0, 0.1) is 5.92 Å². The van der Waals surface area contributed by atoms with E-state index in [1.54, 1.807) is 0 Å². The van der Waals surface area contributed by atoms with Crippen LogP contribution in [0.4, 0.5) is 0 Å². The Labute approximate surface area is 204 Å². The largest absolute Gasteiger partial charge is 0.378 e. The molecule has 184 valence electrons. The van der Waals surface area contributed by atoms with Crippen LogP contribution in [0.1, 0.15) is 31.7 Å². The highest BCUT2D eigenvalue weighted by Gasteiger charge is 2.21. The van der Waals surface area contributed by atoms with Crippen molar-refractivity contribution in [2.24, 2.45) is 11.7 Å². The van der Waals surface area contributed by atoms with Gasteiger partial charge in [-0.2, -0.15) is 0 Å². The molecule has 0 radical (unpaired) electrons. The summed E-state index contributed by atoms with van der Waals surface area (Å²) in [6, 6.07) is 9.02. The lowest BCUT2D eigenvalue weighted by Gasteiger charge is -2.22. The average Bonchev–Trinajstić information content (AvgIpc) is 2.79. The zero-order valence-corrected chi connectivity index (χ0v) is 20.4. The molecule has 0 unspecified atom stereocenters. The Hall–Kier alpha value is -2.19. The molecule has 2 atom stereocenters. The molecule has 0 aliphatic heterocycles. The van der Waals surface area contributed by atoms with Crippen LogP contribution < -0.4 is 21.7 Å². The summed E-state index contributed by atoms with van der Waals surface area (Å²) in [4.78, 5) is 25.2. The lowest BCUT2D eigenvalue weighted by Crippen LogP contribution is -2.50. The Morgan fingerprint density at radius 3 is 2.64 bits per heavy atom. The number of ether oxygens (including phenoxy) is 1. The van der Waals surface area contributed by atoms with Crippen LogP contribution in [0.15, 0.2) is 54.1 Å². The molecule has 0 spiro atoms. The summed E-state index contributed by atoms with van der Waals surface area (Å²) in [6.07, 6.45) is 5.84. The summed E-state index contributed by atoms with van der Waals surface area (Å²) < 4.78 is 5.30. The molecule has 0 aromatic heterocycles. The average molecular weight is 479 g/mol. The van der Waals surface area contributed by atoms with Crippen molar-refractivity contribution in [2.75, 3.05) is 39.4 Å². The highest BCUT2D eigenvalue weighted by molar-refractivity contribution is 5.88. The third-order valence-electron chi connectivity index (χ3n) is 5.58. The monoisotopic (exact) mass is 478 g/mol. The van der Waals surface area contributed by atoms with Crippen molar-refractivity contribution in [2.45, 2.75) is 38.6 Å². The Bertz CT molecular complexity index is 770. The predicted octanol–water partition coefficient (Wildman–Crippen LogP) is 2.12. The third-order valence-corrected chi connectivity index (χ3v) is 5.58. The summed E-state index contributed by atoms with van der Waals surface area (Å²) in [5.74, 6) is 0.149. The van der Waals surface area contributed by atoms with Gasteiger partial charge in [0, 0.05) is 26.1 Å². The maximum absolute atomic E-state index is 12.7. The van der Waals surface area contributed by atoms with Crippen molar-refractivity contribution in [1.82, 2.24) is 16.0 Å². The van der Waals surface area contributed by atoms with Gasteiger partial charge in [-0.15, -0.1) is 12.4 Å². The number of hydrogen-bond acceptors (Lipinski definition) is 5. The number of benzene rings is 1. The molecule has 0 bridgehead atoms. The molecule has 1 aromatic carbocycles. The van der Waals surface area contributed by atoms with Crippen LogP contribution in [0.2, 0.25) is 0 Å². The Kier molecular flexibility index (Phi) is 14.4. The summed E-state index contributed by atoms with van der Waals surface area (Å²) in [5.41, 5.74) is 8.94. The summed E-state index contributed by atoms with van der Waals surface area (Å²) in [5, 5.41) is 8.91. The number of carbonyl (C=O) groups excluding carboxylic acids is 2. The van der Waals surface area contributed by atoms with Gasteiger partial charge < -0.3 is 26.4 Å². The van der Waals surface area contributed by atoms with E-state index >= 15 is 0 Å². The minimum Gasteiger partial charge on any atom is -0.378 e. The van der Waals surface area contributed by atoms with E-state index in [1.807, 2.05) is 30.3 Å². The maximum atomic E-state index is 12.7. The van der Waals surface area contributed by atoms with Gasteiger partial charge in [-0.05, 0) is 37.7 Å². The minimum absolute atomic E-state index is 0. The Morgan fingerprint density at radius 2 is 2.00 bits per heavy atom. The lowest BCUT2D eigenvalue weighted by molar-refractivity contribution is -0.128. The van der Waals surface area contributed by atoms with Gasteiger partial charge in [-0.1, -0.05) is 54.1 Å². The normalized spacial score (nSPS) is 16.2. The molecule has 7 nitrogen and oxygen atoms in total. The number of halogens is 1. The molecule has 33 heavy (non-hydrogen) atoms. The van der Waals surface area contributed by atoms with Gasteiger partial charge in [0.15, 0.2) is 0 Å². The molecule has 0 fully saturated rings. The molecule has 0 heterocycles. The van der Waals surface area contributed by atoms with E-state index in [4.69, 9.17) is 10.5 Å². The number of rotatable bonds is 14. The number of nitrogens with one attached hydrogen (secondary N) is 3. The Morgan fingerprint density at radius 1 is 1.24 bits per heavy atom. The van der Waals surface area contributed by atoms with Crippen molar-refractivity contribution in [1.29, 1.82) is 0 Å². The highest BCUT2D eigenvalue weighted by atomic mass is 35.5. The standard InChI is InChI=1S/C25H38N4O3.ClH/c1-19(2)22-10-8-21(9-11-22)17-27-18-24(30)29-23(16-20-6-4-3-5-7-20)25(31)28-13-15-32-14-12-26;/h3-8,22-23,27H,1,9-18,26H2,2H3,(H,28,31)(H,29,30);1H/t22-,23-;/m0./s1. The van der Waals surface area contributed by atoms with Gasteiger partial charge in [-0.25, -0.2) is 0 Å². The van der Waals surface area contributed by atoms with Gasteiger partial charge in [0.05, 0.1) is 19.8 Å². The number of allylic oxidation sites excluding steroid dienone is 2. The van der Waals surface area contributed by atoms with Crippen LogP contribution in [0.5, 0.6) is 0 Å². The molecular weight excluding hydrogens is 440 g/mol. The second-order valence-corrected chi connectivity index (χ2v) is 8.29. The topological polar surface area (TPSA) is 105 Å². The summed E-state index contributed by atoms with van der Waals surface area (Å²) in [6.45, 7) is 8.64. The van der Waals surface area contributed by atoms with Crippen molar-refractivity contribution in [3.8, 4) is 0 Å². The van der Waals surface area contributed by atoms with E-state index in [9.17, 15) is 9.59 Å². The van der Waals surface area contributed by atoms with E-state index in [2.05, 4.69) is 35.5 Å². The van der Waals surface area contributed by atoms with Crippen molar-refractivity contribution in [3.63, 3.8) is 0 Å². The van der Waals surface area contributed by atoms with Gasteiger partial charge in [0.2, 0.25) is 11.8 Å². The Balaban J connectivity index is 0.00000544. The zero-order chi connectivity index (χ0) is 23.2. The molecule has 0 saturated heterocycles. The van der Waals surface area contributed by atoms with E-state index in [1.165, 1.54) is 11.1 Å². The molecular formula is C25H39ClN4O3. The molecule has 2 amide bonds.